The predicted octanol–water partition coefficient (Wildman–Crippen LogP) is 2.29. The number of halogens is 3. The van der Waals surface area contributed by atoms with Crippen molar-refractivity contribution in [2.75, 3.05) is 41.5 Å². The number of para-hydroxylation sites is 2. The van der Waals surface area contributed by atoms with E-state index in [2.05, 4.69) is 20.9 Å². The van der Waals surface area contributed by atoms with Crippen molar-refractivity contribution in [2.45, 2.75) is 38.8 Å². The first-order valence-corrected chi connectivity index (χ1v) is 12.4. The van der Waals surface area contributed by atoms with Crippen LogP contribution in [-0.2, 0) is 14.3 Å². The maximum atomic E-state index is 13.7. The number of benzene rings is 2. The number of alkyl halides is 3. The van der Waals surface area contributed by atoms with Gasteiger partial charge in [-0.2, -0.15) is 0 Å². The van der Waals surface area contributed by atoms with Crippen molar-refractivity contribution in [3.05, 3.63) is 59.9 Å². The highest BCUT2D eigenvalue weighted by Gasteiger charge is 2.42. The molecule has 2 fully saturated rings. The summed E-state index contributed by atoms with van der Waals surface area (Å²) in [6.45, 7) is 7.31. The molecule has 3 heterocycles. The van der Waals surface area contributed by atoms with Crippen molar-refractivity contribution in [2.24, 2.45) is 0 Å². The number of hydrogen-bond acceptors (Lipinski definition) is 9. The Hall–Kier alpha value is -3.85. The number of piperazine rings is 1. The van der Waals surface area contributed by atoms with E-state index >= 15 is 0 Å². The highest BCUT2D eigenvalue weighted by molar-refractivity contribution is 6.12. The number of carbonyl (C=O) groups is 2. The molecule has 3 aliphatic rings. The van der Waals surface area contributed by atoms with Crippen LogP contribution in [0.25, 0.3) is 0 Å². The van der Waals surface area contributed by atoms with Gasteiger partial charge in [0.25, 0.3) is 5.91 Å². The van der Waals surface area contributed by atoms with Gasteiger partial charge in [0, 0.05) is 26.2 Å². The van der Waals surface area contributed by atoms with Gasteiger partial charge >= 0.3 is 12.3 Å². The summed E-state index contributed by atoms with van der Waals surface area (Å²) >= 11 is 0. The minimum atomic E-state index is -4.82. The normalized spacial score (nSPS) is 19.4. The van der Waals surface area contributed by atoms with Gasteiger partial charge in [-0.25, -0.2) is 10.0 Å². The SMILES string of the molecule is CC(C)(C)OC(=O)C1CNCCN1CC1=C2C(=O)N(c3ccc(OC(F)(F)F)cc3)NN2c2ccccc2N1.O. The molecule has 1 atom stereocenters. The summed E-state index contributed by atoms with van der Waals surface area (Å²) < 4.78 is 47.3. The standard InChI is InChI=1S/C26H29F3N6O4.H2O/c1-25(2,3)39-24(37)21-14-30-12-13-33(21)15-19-22-23(36)34(16-8-10-17(11-9-16)38-26(27,28)29)32-35(22)20-7-5-4-6-18(20)31-19;/h4-11,21,30-32H,12-15H2,1-3H3;1H2. The van der Waals surface area contributed by atoms with Gasteiger partial charge in [0.05, 0.1) is 22.8 Å². The van der Waals surface area contributed by atoms with Gasteiger partial charge in [-0.1, -0.05) is 12.1 Å². The lowest BCUT2D eigenvalue weighted by atomic mass is 10.1. The van der Waals surface area contributed by atoms with Crippen LogP contribution in [0.5, 0.6) is 5.75 Å². The highest BCUT2D eigenvalue weighted by Crippen LogP contribution is 2.39. The van der Waals surface area contributed by atoms with Gasteiger partial charge in [-0.3, -0.25) is 14.5 Å². The Morgan fingerprint density at radius 1 is 1.05 bits per heavy atom. The Bertz CT molecular complexity index is 1290. The van der Waals surface area contributed by atoms with Gasteiger partial charge in [0.15, 0.2) is 0 Å². The molecule has 0 aliphatic carbocycles. The van der Waals surface area contributed by atoms with Crippen LogP contribution in [0.1, 0.15) is 20.8 Å². The topological polar surface area (TPSA) is 130 Å². The Morgan fingerprint density at radius 2 is 1.75 bits per heavy atom. The number of fused-ring (bicyclic) bond motifs is 3. The van der Waals surface area contributed by atoms with Crippen LogP contribution in [0.4, 0.5) is 30.2 Å². The Balaban J connectivity index is 0.00000370. The number of amides is 1. The van der Waals surface area contributed by atoms with Crippen LogP contribution in [0, 0.1) is 0 Å². The summed E-state index contributed by atoms with van der Waals surface area (Å²) in [4.78, 5) is 28.7. The fourth-order valence-corrected chi connectivity index (χ4v) is 4.66. The summed E-state index contributed by atoms with van der Waals surface area (Å²) in [7, 11) is 0. The molecule has 0 bridgehead atoms. The summed E-state index contributed by atoms with van der Waals surface area (Å²) in [5, 5.41) is 9.46. The summed E-state index contributed by atoms with van der Waals surface area (Å²) in [5.74, 6) is -1.16. The van der Waals surface area contributed by atoms with Gasteiger partial charge in [0.2, 0.25) is 0 Å². The van der Waals surface area contributed by atoms with Crippen LogP contribution in [0.2, 0.25) is 0 Å². The molecule has 1 amide bonds. The lowest BCUT2D eigenvalue weighted by Crippen LogP contribution is -2.57. The van der Waals surface area contributed by atoms with Crippen molar-refractivity contribution in [3.63, 3.8) is 0 Å². The molecule has 11 nitrogen and oxygen atoms in total. The molecule has 0 spiro atoms. The van der Waals surface area contributed by atoms with Crippen LogP contribution in [0.15, 0.2) is 59.9 Å². The first kappa shape index (κ1) is 29.1. The van der Waals surface area contributed by atoms with E-state index in [1.165, 1.54) is 17.1 Å². The lowest BCUT2D eigenvalue weighted by Gasteiger charge is -2.38. The molecular weight excluding hydrogens is 533 g/mol. The largest absolute Gasteiger partial charge is 0.573 e. The smallest absolute Gasteiger partial charge is 0.459 e. The zero-order valence-electron chi connectivity index (χ0n) is 22.1. The van der Waals surface area contributed by atoms with Gasteiger partial charge < -0.3 is 25.6 Å². The zero-order chi connectivity index (χ0) is 27.9. The Labute approximate surface area is 228 Å². The van der Waals surface area contributed by atoms with E-state index in [0.717, 1.165) is 17.8 Å². The second kappa shape index (κ2) is 11.0. The van der Waals surface area contributed by atoms with Crippen molar-refractivity contribution < 1.29 is 37.7 Å². The minimum absolute atomic E-state index is 0. The molecule has 5 rings (SSSR count). The van der Waals surface area contributed by atoms with Crippen LogP contribution in [0.3, 0.4) is 0 Å². The molecule has 2 aromatic carbocycles. The van der Waals surface area contributed by atoms with Crippen LogP contribution < -0.4 is 30.9 Å². The Kier molecular flexibility index (Phi) is 7.99. The molecule has 40 heavy (non-hydrogen) atoms. The summed E-state index contributed by atoms with van der Waals surface area (Å²) in [6.07, 6.45) is -4.82. The number of rotatable bonds is 5. The van der Waals surface area contributed by atoms with E-state index in [0.29, 0.717) is 42.4 Å². The van der Waals surface area contributed by atoms with E-state index in [9.17, 15) is 22.8 Å². The maximum Gasteiger partial charge on any atom is 0.573 e. The van der Waals surface area contributed by atoms with Gasteiger partial charge in [0.1, 0.15) is 23.1 Å². The first-order valence-electron chi connectivity index (χ1n) is 12.4. The molecule has 2 aromatic rings. The molecule has 3 aliphatic heterocycles. The van der Waals surface area contributed by atoms with E-state index in [1.807, 2.05) is 49.9 Å². The quantitative estimate of drug-likeness (QED) is 0.469. The number of nitrogens with one attached hydrogen (secondary N) is 3. The number of carbonyl (C=O) groups excluding carboxylic acids is 2. The predicted molar refractivity (Wildman–Crippen MR) is 141 cm³/mol. The molecule has 5 N–H and O–H groups in total. The summed E-state index contributed by atoms with van der Waals surface area (Å²) in [5.41, 5.74) is 5.04. The average Bonchev–Trinajstić information content (AvgIpc) is 3.20. The molecule has 0 saturated carbocycles. The van der Waals surface area contributed by atoms with Crippen LogP contribution in [-0.4, -0.2) is 66.4 Å². The third-order valence-corrected chi connectivity index (χ3v) is 6.27. The fraction of sp³-hybridized carbons (Fsp3) is 0.385. The third-order valence-electron chi connectivity index (χ3n) is 6.27. The van der Waals surface area contributed by atoms with Crippen molar-refractivity contribution in [1.82, 2.24) is 15.8 Å². The van der Waals surface area contributed by atoms with E-state index in [1.54, 1.807) is 5.01 Å². The molecular formula is C26H31F3N6O5. The van der Waals surface area contributed by atoms with Crippen LogP contribution >= 0.6 is 0 Å². The van der Waals surface area contributed by atoms with Gasteiger partial charge in [-0.05, 0) is 57.2 Å². The average molecular weight is 565 g/mol. The van der Waals surface area contributed by atoms with Crippen molar-refractivity contribution >= 4 is 28.9 Å². The molecule has 0 radical (unpaired) electrons. The highest BCUT2D eigenvalue weighted by atomic mass is 19.4. The first-order chi connectivity index (χ1) is 18.4. The number of nitrogens with zero attached hydrogens (tertiary/aromatic N) is 3. The third kappa shape index (κ3) is 6.14. The molecule has 1 unspecified atom stereocenters. The number of ether oxygens (including phenoxy) is 2. The molecule has 14 heteroatoms. The monoisotopic (exact) mass is 564 g/mol. The number of anilines is 3. The number of hydrogen-bond donors (Lipinski definition) is 3. The Morgan fingerprint density at radius 3 is 2.42 bits per heavy atom. The van der Waals surface area contributed by atoms with Crippen molar-refractivity contribution in [1.29, 1.82) is 0 Å². The second-order valence-electron chi connectivity index (χ2n) is 10.3. The van der Waals surface area contributed by atoms with Crippen molar-refractivity contribution in [3.8, 4) is 5.75 Å². The number of esters is 1. The molecule has 0 aromatic heterocycles. The van der Waals surface area contributed by atoms with E-state index in [-0.39, 0.29) is 18.0 Å². The lowest BCUT2D eigenvalue weighted by molar-refractivity contribution is -0.274. The van der Waals surface area contributed by atoms with E-state index in [4.69, 9.17) is 4.74 Å². The maximum absolute atomic E-state index is 13.7. The van der Waals surface area contributed by atoms with Gasteiger partial charge in [-0.15, -0.1) is 18.7 Å². The zero-order valence-corrected chi connectivity index (χ0v) is 22.1. The summed E-state index contributed by atoms with van der Waals surface area (Å²) in [6, 6.07) is 11.8. The van der Waals surface area contributed by atoms with E-state index < -0.39 is 29.7 Å². The molecule has 216 valence electrons. The second-order valence-corrected chi connectivity index (χ2v) is 10.3. The molecule has 2 saturated heterocycles. The fourth-order valence-electron chi connectivity index (χ4n) is 4.66. The minimum Gasteiger partial charge on any atom is -0.459 e. The number of hydrazine groups is 2.